The van der Waals surface area contributed by atoms with Gasteiger partial charge in [0.1, 0.15) is 0 Å². The zero-order valence-electron chi connectivity index (χ0n) is 14.7. The Morgan fingerprint density at radius 1 is 1.15 bits per heavy atom. The van der Waals surface area contributed by atoms with Crippen LogP contribution in [0.1, 0.15) is 60.3 Å². The van der Waals surface area contributed by atoms with Crippen molar-refractivity contribution in [3.8, 4) is 0 Å². The average molecular weight is 349 g/mol. The second kappa shape index (κ2) is 6.04. The van der Waals surface area contributed by atoms with Crippen molar-refractivity contribution in [3.05, 3.63) is 47.5 Å². The molecule has 4 aliphatic rings. The van der Waals surface area contributed by atoms with Gasteiger partial charge in [0, 0.05) is 23.5 Å². The second-order valence-electron chi connectivity index (χ2n) is 8.34. The largest absolute Gasteiger partial charge is 0.291 e. The molecule has 4 fully saturated rings. The molecule has 0 atom stereocenters. The zero-order chi connectivity index (χ0) is 17.6. The topological polar surface area (TPSA) is 83.0 Å². The van der Waals surface area contributed by atoms with Gasteiger partial charge in [0.2, 0.25) is 0 Å². The van der Waals surface area contributed by atoms with Crippen molar-refractivity contribution in [3.63, 3.8) is 0 Å². The fourth-order valence-electron chi connectivity index (χ4n) is 5.82. The minimum absolute atomic E-state index is 0.223. The number of rotatable bonds is 4. The highest BCUT2D eigenvalue weighted by molar-refractivity contribution is 5.93. The highest BCUT2D eigenvalue weighted by Gasteiger charge is 2.52. The van der Waals surface area contributed by atoms with E-state index in [1.165, 1.54) is 38.5 Å². The van der Waals surface area contributed by atoms with Crippen LogP contribution < -0.4 is 5.43 Å². The molecule has 2 aromatic rings. The molecule has 2 heterocycles. The summed E-state index contributed by atoms with van der Waals surface area (Å²) in [6, 6.07) is 5.61. The summed E-state index contributed by atoms with van der Waals surface area (Å²) in [7, 11) is 0. The quantitative estimate of drug-likeness (QED) is 0.657. The molecule has 0 aromatic carbocycles. The highest BCUT2D eigenvalue weighted by Crippen LogP contribution is 2.60. The molecule has 6 rings (SSSR count). The number of hydrogen-bond acceptors (Lipinski definition) is 4. The van der Waals surface area contributed by atoms with E-state index in [2.05, 4.69) is 25.7 Å². The summed E-state index contributed by atoms with van der Waals surface area (Å²) in [5.74, 6) is 2.33. The number of nitrogens with one attached hydrogen (secondary N) is 2. The van der Waals surface area contributed by atoms with E-state index in [4.69, 9.17) is 0 Å². The molecular weight excluding hydrogens is 326 g/mol. The number of hydrogen-bond donors (Lipinski definition) is 2. The number of nitrogens with zero attached hydrogens (tertiary/aromatic N) is 3. The number of aromatic amines is 1. The van der Waals surface area contributed by atoms with Crippen molar-refractivity contribution in [2.75, 3.05) is 0 Å². The van der Waals surface area contributed by atoms with E-state index in [9.17, 15) is 4.79 Å². The Morgan fingerprint density at radius 3 is 2.46 bits per heavy atom. The number of aromatic nitrogens is 3. The van der Waals surface area contributed by atoms with Gasteiger partial charge < -0.3 is 0 Å². The lowest BCUT2D eigenvalue weighted by Crippen LogP contribution is -2.48. The van der Waals surface area contributed by atoms with Crippen LogP contribution in [0.3, 0.4) is 0 Å². The number of carbonyl (C=O) groups excluding carboxylic acids is 1. The molecule has 6 heteroatoms. The van der Waals surface area contributed by atoms with Gasteiger partial charge >= 0.3 is 0 Å². The van der Waals surface area contributed by atoms with Crippen LogP contribution in [0.25, 0.3) is 0 Å². The van der Waals surface area contributed by atoms with Crippen LogP contribution in [0.2, 0.25) is 0 Å². The van der Waals surface area contributed by atoms with Crippen molar-refractivity contribution in [1.82, 2.24) is 20.6 Å². The molecule has 134 valence electrons. The first-order valence-electron chi connectivity index (χ1n) is 9.49. The van der Waals surface area contributed by atoms with Crippen LogP contribution in [0.4, 0.5) is 0 Å². The van der Waals surface area contributed by atoms with Crippen LogP contribution in [-0.4, -0.2) is 27.3 Å². The Kier molecular flexibility index (Phi) is 3.65. The smallest absolute Gasteiger partial charge is 0.281 e. The lowest BCUT2D eigenvalue weighted by Gasteiger charge is -2.56. The van der Waals surface area contributed by atoms with Crippen molar-refractivity contribution < 1.29 is 4.79 Å². The van der Waals surface area contributed by atoms with Gasteiger partial charge in [-0.1, -0.05) is 0 Å². The fraction of sp³-hybridized carbons (Fsp3) is 0.500. The maximum absolute atomic E-state index is 12.4. The number of H-pyrrole nitrogens is 1. The lowest BCUT2D eigenvalue weighted by molar-refractivity contribution is -0.00721. The predicted molar refractivity (Wildman–Crippen MR) is 97.7 cm³/mol. The van der Waals surface area contributed by atoms with E-state index in [1.54, 1.807) is 18.6 Å². The van der Waals surface area contributed by atoms with E-state index in [0.717, 1.165) is 29.0 Å². The van der Waals surface area contributed by atoms with E-state index < -0.39 is 0 Å². The first-order valence-corrected chi connectivity index (χ1v) is 9.49. The van der Waals surface area contributed by atoms with E-state index in [0.29, 0.717) is 5.69 Å². The van der Waals surface area contributed by atoms with Crippen LogP contribution >= 0.6 is 0 Å². The maximum Gasteiger partial charge on any atom is 0.291 e. The SMILES string of the molecule is O=C(N/N=C\c1ccncc1)c1cc(C23CC4CC(CC(C4)C2)C3)[nH]n1. The standard InChI is InChI=1S/C20H23N5O/c26-19(25-22-12-13-1-3-21-4-2-13)17-8-18(24-23-17)20-9-14-5-15(10-20)7-16(6-14)11-20/h1-4,8,12,14-16H,5-7,9-11H2,(H,23,24)(H,25,26)/b22-12-. The molecule has 2 aromatic heterocycles. The van der Waals surface area contributed by atoms with Gasteiger partial charge in [-0.05, 0) is 80.0 Å². The van der Waals surface area contributed by atoms with Gasteiger partial charge in [0.25, 0.3) is 5.91 Å². The molecule has 4 saturated carbocycles. The third-order valence-electron chi connectivity index (χ3n) is 6.51. The lowest BCUT2D eigenvalue weighted by atomic mass is 9.49. The summed E-state index contributed by atoms with van der Waals surface area (Å²) >= 11 is 0. The van der Waals surface area contributed by atoms with Crippen LogP contribution in [-0.2, 0) is 5.41 Å². The molecule has 4 bridgehead atoms. The van der Waals surface area contributed by atoms with Crippen molar-refractivity contribution >= 4 is 12.1 Å². The third kappa shape index (κ3) is 2.73. The first-order chi connectivity index (χ1) is 12.7. The molecule has 0 radical (unpaired) electrons. The maximum atomic E-state index is 12.4. The number of pyridine rings is 1. The predicted octanol–water partition coefficient (Wildman–Crippen LogP) is 3.04. The Hall–Kier alpha value is -2.50. The van der Waals surface area contributed by atoms with Crippen LogP contribution in [0, 0.1) is 17.8 Å². The number of carbonyl (C=O) groups is 1. The summed E-state index contributed by atoms with van der Waals surface area (Å²) < 4.78 is 0. The summed E-state index contributed by atoms with van der Waals surface area (Å²) in [6.45, 7) is 0. The second-order valence-corrected chi connectivity index (χ2v) is 8.34. The highest BCUT2D eigenvalue weighted by atomic mass is 16.2. The van der Waals surface area contributed by atoms with Gasteiger partial charge in [0.05, 0.1) is 6.21 Å². The van der Waals surface area contributed by atoms with E-state index in [1.807, 2.05) is 18.2 Å². The van der Waals surface area contributed by atoms with Gasteiger partial charge in [-0.3, -0.25) is 14.9 Å². The van der Waals surface area contributed by atoms with Crippen molar-refractivity contribution in [2.24, 2.45) is 22.9 Å². The Bertz CT molecular complexity index is 806. The van der Waals surface area contributed by atoms with Gasteiger partial charge in [0.15, 0.2) is 5.69 Å². The van der Waals surface area contributed by atoms with Crippen molar-refractivity contribution in [1.29, 1.82) is 0 Å². The molecule has 1 amide bonds. The molecule has 26 heavy (non-hydrogen) atoms. The Labute approximate surface area is 152 Å². The normalized spacial score (nSPS) is 32.2. The summed E-state index contributed by atoms with van der Waals surface area (Å²) in [4.78, 5) is 16.3. The molecule has 0 unspecified atom stereocenters. The van der Waals surface area contributed by atoms with Crippen LogP contribution in [0.5, 0.6) is 0 Å². The average Bonchev–Trinajstić information content (AvgIpc) is 3.13. The molecule has 0 saturated heterocycles. The van der Waals surface area contributed by atoms with Gasteiger partial charge in [-0.15, -0.1) is 0 Å². The summed E-state index contributed by atoms with van der Waals surface area (Å²) in [5.41, 5.74) is 5.24. The molecule has 4 aliphatic carbocycles. The van der Waals surface area contributed by atoms with Crippen LogP contribution in [0.15, 0.2) is 35.7 Å². The zero-order valence-corrected chi connectivity index (χ0v) is 14.7. The molecule has 0 spiro atoms. The summed E-state index contributed by atoms with van der Waals surface area (Å²) in [5, 5.41) is 11.5. The Morgan fingerprint density at radius 2 is 1.81 bits per heavy atom. The summed E-state index contributed by atoms with van der Waals surface area (Å²) in [6.07, 6.45) is 13.0. The minimum Gasteiger partial charge on any atom is -0.281 e. The van der Waals surface area contributed by atoms with Gasteiger partial charge in [-0.25, -0.2) is 5.43 Å². The number of hydrazone groups is 1. The third-order valence-corrected chi connectivity index (χ3v) is 6.51. The van der Waals surface area contributed by atoms with E-state index >= 15 is 0 Å². The van der Waals surface area contributed by atoms with Gasteiger partial charge in [-0.2, -0.15) is 10.2 Å². The van der Waals surface area contributed by atoms with E-state index in [-0.39, 0.29) is 11.3 Å². The minimum atomic E-state index is -0.275. The van der Waals surface area contributed by atoms with Crippen molar-refractivity contribution in [2.45, 2.75) is 43.9 Å². The molecule has 0 aliphatic heterocycles. The Balaban J connectivity index is 1.29. The molecule has 6 nitrogen and oxygen atoms in total. The number of amides is 1. The molecular formula is C20H23N5O. The fourth-order valence-corrected chi connectivity index (χ4v) is 5.82. The molecule has 2 N–H and O–H groups in total. The first kappa shape index (κ1) is 15.7. The monoisotopic (exact) mass is 349 g/mol.